The van der Waals surface area contributed by atoms with Crippen LogP contribution in [-0.4, -0.2) is 25.5 Å². The van der Waals surface area contributed by atoms with Crippen LogP contribution in [0.1, 0.15) is 30.7 Å². The number of hydrogen-bond acceptors (Lipinski definition) is 2. The molecule has 1 aromatic rings. The predicted molar refractivity (Wildman–Crippen MR) is 90.8 cm³/mol. The van der Waals surface area contributed by atoms with Gasteiger partial charge in [0.2, 0.25) is 5.91 Å². The summed E-state index contributed by atoms with van der Waals surface area (Å²) in [5.74, 6) is 1.59. The molecule has 2 N–H and O–H groups in total. The molecule has 3 rings (SSSR count). The second-order valence-electron chi connectivity index (χ2n) is 5.94. The maximum Gasteiger partial charge on any atom is 0.223 e. The lowest BCUT2D eigenvalue weighted by Gasteiger charge is -2.09. The van der Waals surface area contributed by atoms with Crippen molar-refractivity contribution in [1.82, 2.24) is 10.6 Å². The van der Waals surface area contributed by atoms with E-state index in [1.54, 1.807) is 0 Å². The van der Waals surface area contributed by atoms with Crippen LogP contribution in [0.5, 0.6) is 0 Å². The summed E-state index contributed by atoms with van der Waals surface area (Å²) in [6.45, 7) is 3.07. The Morgan fingerprint density at radius 3 is 3.00 bits per heavy atom. The van der Waals surface area contributed by atoms with Gasteiger partial charge in [0.05, 0.1) is 0 Å². The molecule has 1 aromatic carbocycles. The molecule has 1 aliphatic carbocycles. The van der Waals surface area contributed by atoms with Crippen molar-refractivity contribution in [2.75, 3.05) is 19.6 Å². The minimum Gasteiger partial charge on any atom is -0.356 e. The molecule has 0 radical (unpaired) electrons. The summed E-state index contributed by atoms with van der Waals surface area (Å²) in [6, 6.07) is 8.31. The van der Waals surface area contributed by atoms with Crippen molar-refractivity contribution >= 4 is 34.2 Å². The SMILES string of the molecule is Cl.O=C(NCCC1CCNC1)C1CC1c1cccc(Br)c1. The van der Waals surface area contributed by atoms with Crippen molar-refractivity contribution in [3.8, 4) is 0 Å². The number of benzene rings is 1. The van der Waals surface area contributed by atoms with Gasteiger partial charge in [-0.05, 0) is 61.9 Å². The van der Waals surface area contributed by atoms with Crippen LogP contribution >= 0.6 is 28.3 Å². The molecule has 5 heteroatoms. The topological polar surface area (TPSA) is 41.1 Å². The van der Waals surface area contributed by atoms with Gasteiger partial charge in [0.15, 0.2) is 0 Å². The van der Waals surface area contributed by atoms with Gasteiger partial charge < -0.3 is 10.6 Å². The van der Waals surface area contributed by atoms with Crippen LogP contribution in [-0.2, 0) is 4.79 Å². The van der Waals surface area contributed by atoms with Gasteiger partial charge in [0.1, 0.15) is 0 Å². The van der Waals surface area contributed by atoms with Crippen molar-refractivity contribution in [1.29, 1.82) is 0 Å². The second-order valence-corrected chi connectivity index (χ2v) is 6.86. The largest absolute Gasteiger partial charge is 0.356 e. The molecule has 0 spiro atoms. The van der Waals surface area contributed by atoms with Crippen LogP contribution < -0.4 is 10.6 Å². The minimum absolute atomic E-state index is 0. The van der Waals surface area contributed by atoms with E-state index in [0.29, 0.717) is 5.92 Å². The van der Waals surface area contributed by atoms with E-state index in [0.717, 1.165) is 42.9 Å². The third kappa shape index (κ3) is 4.44. The quantitative estimate of drug-likeness (QED) is 0.833. The molecule has 1 saturated carbocycles. The van der Waals surface area contributed by atoms with E-state index in [9.17, 15) is 4.79 Å². The van der Waals surface area contributed by atoms with E-state index in [2.05, 4.69) is 38.7 Å². The normalized spacial score (nSPS) is 27.0. The highest BCUT2D eigenvalue weighted by Crippen LogP contribution is 2.47. The molecular formula is C16H22BrClN2O. The van der Waals surface area contributed by atoms with Crippen LogP contribution in [0.4, 0.5) is 0 Å². The van der Waals surface area contributed by atoms with E-state index >= 15 is 0 Å². The molecule has 1 amide bonds. The number of amides is 1. The number of carbonyl (C=O) groups excluding carboxylic acids is 1. The standard InChI is InChI=1S/C16H21BrN2O.ClH/c17-13-3-1-2-12(8-13)14-9-15(14)16(20)19-7-5-11-4-6-18-10-11;/h1-3,8,11,14-15,18H,4-7,9-10H2,(H,19,20);1H. The first-order chi connectivity index (χ1) is 9.74. The zero-order valence-electron chi connectivity index (χ0n) is 12.0. The average molecular weight is 374 g/mol. The zero-order valence-corrected chi connectivity index (χ0v) is 14.4. The van der Waals surface area contributed by atoms with Gasteiger partial charge in [0, 0.05) is 16.9 Å². The number of rotatable bonds is 5. The number of halogens is 2. The van der Waals surface area contributed by atoms with Crippen molar-refractivity contribution in [3.63, 3.8) is 0 Å². The van der Waals surface area contributed by atoms with Gasteiger partial charge in [0.25, 0.3) is 0 Å². The Labute approximate surface area is 140 Å². The molecule has 0 bridgehead atoms. The van der Waals surface area contributed by atoms with Crippen LogP contribution in [0.25, 0.3) is 0 Å². The van der Waals surface area contributed by atoms with E-state index < -0.39 is 0 Å². The molecule has 0 aromatic heterocycles. The zero-order chi connectivity index (χ0) is 13.9. The monoisotopic (exact) mass is 372 g/mol. The number of carbonyl (C=O) groups is 1. The molecule has 3 nitrogen and oxygen atoms in total. The van der Waals surface area contributed by atoms with Gasteiger partial charge >= 0.3 is 0 Å². The summed E-state index contributed by atoms with van der Waals surface area (Å²) in [4.78, 5) is 12.1. The molecule has 21 heavy (non-hydrogen) atoms. The maximum atomic E-state index is 12.1. The molecule has 1 heterocycles. The summed E-state index contributed by atoms with van der Waals surface area (Å²) in [6.07, 6.45) is 3.35. The molecule has 1 saturated heterocycles. The maximum absolute atomic E-state index is 12.1. The highest BCUT2D eigenvalue weighted by molar-refractivity contribution is 9.10. The first kappa shape index (κ1) is 16.8. The highest BCUT2D eigenvalue weighted by atomic mass is 79.9. The smallest absolute Gasteiger partial charge is 0.223 e. The molecule has 2 fully saturated rings. The number of nitrogens with one attached hydrogen (secondary N) is 2. The first-order valence-electron chi connectivity index (χ1n) is 7.48. The Bertz CT molecular complexity index is 491. The molecule has 3 atom stereocenters. The van der Waals surface area contributed by atoms with Gasteiger partial charge in [-0.2, -0.15) is 0 Å². The Morgan fingerprint density at radius 1 is 1.43 bits per heavy atom. The fourth-order valence-corrected chi connectivity index (χ4v) is 3.50. The third-order valence-corrected chi connectivity index (χ3v) is 4.91. The summed E-state index contributed by atoms with van der Waals surface area (Å²) < 4.78 is 1.09. The van der Waals surface area contributed by atoms with Crippen LogP contribution in [0.2, 0.25) is 0 Å². The van der Waals surface area contributed by atoms with Gasteiger partial charge in [-0.15, -0.1) is 12.4 Å². The predicted octanol–water partition coefficient (Wildman–Crippen LogP) is 3.09. The fraction of sp³-hybridized carbons (Fsp3) is 0.562. The van der Waals surface area contributed by atoms with Crippen LogP contribution in [0, 0.1) is 11.8 Å². The fourth-order valence-electron chi connectivity index (χ4n) is 3.08. The number of hydrogen-bond donors (Lipinski definition) is 2. The Balaban J connectivity index is 0.00000161. The minimum atomic E-state index is 0. The van der Waals surface area contributed by atoms with E-state index in [-0.39, 0.29) is 24.2 Å². The van der Waals surface area contributed by atoms with E-state index in [1.807, 2.05) is 12.1 Å². The highest BCUT2D eigenvalue weighted by Gasteiger charge is 2.43. The van der Waals surface area contributed by atoms with Crippen LogP contribution in [0.15, 0.2) is 28.7 Å². The van der Waals surface area contributed by atoms with Crippen molar-refractivity contribution in [3.05, 3.63) is 34.3 Å². The van der Waals surface area contributed by atoms with Crippen molar-refractivity contribution in [2.45, 2.75) is 25.2 Å². The summed E-state index contributed by atoms with van der Waals surface area (Å²) in [5, 5.41) is 6.47. The first-order valence-corrected chi connectivity index (χ1v) is 8.27. The van der Waals surface area contributed by atoms with Crippen molar-refractivity contribution < 1.29 is 4.79 Å². The van der Waals surface area contributed by atoms with Gasteiger partial charge in [-0.25, -0.2) is 0 Å². The molecule has 116 valence electrons. The van der Waals surface area contributed by atoms with Crippen molar-refractivity contribution in [2.24, 2.45) is 11.8 Å². The van der Waals surface area contributed by atoms with Crippen LogP contribution in [0.3, 0.4) is 0 Å². The lowest BCUT2D eigenvalue weighted by Crippen LogP contribution is -2.28. The van der Waals surface area contributed by atoms with E-state index in [4.69, 9.17) is 0 Å². The lowest BCUT2D eigenvalue weighted by molar-refractivity contribution is -0.122. The van der Waals surface area contributed by atoms with Gasteiger partial charge in [-0.1, -0.05) is 28.1 Å². The van der Waals surface area contributed by atoms with Gasteiger partial charge in [-0.3, -0.25) is 4.79 Å². The second kappa shape index (κ2) is 7.61. The Morgan fingerprint density at radius 2 is 2.29 bits per heavy atom. The third-order valence-electron chi connectivity index (χ3n) is 4.42. The summed E-state index contributed by atoms with van der Waals surface area (Å²) >= 11 is 3.49. The molecule has 3 unspecified atom stereocenters. The van der Waals surface area contributed by atoms with E-state index in [1.165, 1.54) is 12.0 Å². The average Bonchev–Trinajstić information content (AvgIpc) is 3.08. The summed E-state index contributed by atoms with van der Waals surface area (Å²) in [5.41, 5.74) is 1.28. The molecule has 2 aliphatic rings. The molecular weight excluding hydrogens is 352 g/mol. The lowest BCUT2D eigenvalue weighted by atomic mass is 10.1. The summed E-state index contributed by atoms with van der Waals surface area (Å²) in [7, 11) is 0. The molecule has 1 aliphatic heterocycles. The Hall–Kier alpha value is -0.580. The Kier molecular flexibility index (Phi) is 6.08.